The van der Waals surface area contributed by atoms with Crippen LogP contribution < -0.4 is 0 Å². The number of likely N-dealkylation sites (N-methyl/N-ethyl adjacent to an activating group) is 1. The van der Waals surface area contributed by atoms with Crippen molar-refractivity contribution in [3.63, 3.8) is 0 Å². The third-order valence-corrected chi connectivity index (χ3v) is 6.21. The summed E-state index contributed by atoms with van der Waals surface area (Å²) in [5.74, 6) is 2.10. The van der Waals surface area contributed by atoms with E-state index in [4.69, 9.17) is 4.98 Å². The van der Waals surface area contributed by atoms with Gasteiger partial charge in [-0.3, -0.25) is 4.79 Å². The van der Waals surface area contributed by atoms with Crippen molar-refractivity contribution in [1.82, 2.24) is 19.8 Å². The highest BCUT2D eigenvalue weighted by atomic mass is 16.2. The number of hydrogen-bond acceptors (Lipinski definition) is 4. The summed E-state index contributed by atoms with van der Waals surface area (Å²) in [6.45, 7) is 3.77. The first kappa shape index (κ1) is 17.0. The molecule has 2 aliphatic heterocycles. The van der Waals surface area contributed by atoms with Crippen LogP contribution in [0.2, 0.25) is 0 Å². The maximum absolute atomic E-state index is 12.8. The minimum absolute atomic E-state index is 0.258. The Kier molecular flexibility index (Phi) is 5.02. The topological polar surface area (TPSA) is 49.3 Å². The van der Waals surface area contributed by atoms with E-state index in [1.165, 1.54) is 44.3 Å². The van der Waals surface area contributed by atoms with E-state index in [2.05, 4.69) is 21.8 Å². The number of fused-ring (bicyclic) bond motifs is 1. The Morgan fingerprint density at radius 1 is 1.12 bits per heavy atom. The van der Waals surface area contributed by atoms with Gasteiger partial charge in [-0.15, -0.1) is 0 Å². The van der Waals surface area contributed by atoms with Gasteiger partial charge in [0.05, 0.1) is 5.69 Å². The van der Waals surface area contributed by atoms with E-state index >= 15 is 0 Å². The maximum atomic E-state index is 12.8. The lowest BCUT2D eigenvalue weighted by atomic mass is 9.88. The molecule has 1 unspecified atom stereocenters. The largest absolute Gasteiger partial charge is 0.338 e. The number of carbonyl (C=O) groups excluding carboxylic acids is 1. The van der Waals surface area contributed by atoms with Crippen molar-refractivity contribution >= 4 is 5.91 Å². The highest BCUT2D eigenvalue weighted by Crippen LogP contribution is 2.29. The first-order valence-corrected chi connectivity index (χ1v) is 10.0. The number of nitrogens with zero attached hydrogens (tertiary/aromatic N) is 4. The first-order chi connectivity index (χ1) is 12.2. The van der Waals surface area contributed by atoms with Gasteiger partial charge in [0.2, 0.25) is 5.91 Å². The molecule has 0 spiro atoms. The fourth-order valence-electron chi connectivity index (χ4n) is 4.70. The van der Waals surface area contributed by atoms with Crippen molar-refractivity contribution in [2.75, 3.05) is 26.7 Å². The Hall–Kier alpha value is -1.49. The van der Waals surface area contributed by atoms with Crippen LogP contribution >= 0.6 is 0 Å². The van der Waals surface area contributed by atoms with Crippen molar-refractivity contribution in [2.45, 2.75) is 63.8 Å². The lowest BCUT2D eigenvalue weighted by Gasteiger charge is -2.33. The second-order valence-electron chi connectivity index (χ2n) is 8.15. The number of carbonyl (C=O) groups is 1. The number of rotatable bonds is 2. The van der Waals surface area contributed by atoms with Crippen LogP contribution in [0.15, 0.2) is 6.20 Å². The summed E-state index contributed by atoms with van der Waals surface area (Å²) in [6.07, 6.45) is 11.2. The Labute approximate surface area is 150 Å². The van der Waals surface area contributed by atoms with E-state index < -0.39 is 0 Å². The minimum atomic E-state index is 0.258. The van der Waals surface area contributed by atoms with Gasteiger partial charge in [0.25, 0.3) is 0 Å². The SMILES string of the molecule is CN1CCCC(c2ncc3c(n2)CCN(C(=O)C2CCCCC2)C3)C1. The van der Waals surface area contributed by atoms with Gasteiger partial charge in [-0.05, 0) is 39.3 Å². The van der Waals surface area contributed by atoms with E-state index in [1.54, 1.807) is 0 Å². The summed E-state index contributed by atoms with van der Waals surface area (Å²) in [6, 6.07) is 0. The van der Waals surface area contributed by atoms with Gasteiger partial charge in [-0.2, -0.15) is 0 Å². The van der Waals surface area contributed by atoms with Crippen LogP contribution in [0.25, 0.3) is 0 Å². The normalized spacial score (nSPS) is 25.6. The number of aromatic nitrogens is 2. The van der Waals surface area contributed by atoms with Gasteiger partial charge in [-0.25, -0.2) is 9.97 Å². The molecule has 5 nitrogen and oxygen atoms in total. The molecular weight excluding hydrogens is 312 g/mol. The molecule has 1 aromatic heterocycles. The standard InChI is InChI=1S/C20H30N4O/c1-23-10-5-8-16(13-23)19-21-12-17-14-24(11-9-18(17)22-19)20(25)15-6-3-2-4-7-15/h12,15-16H,2-11,13-14H2,1H3. The highest BCUT2D eigenvalue weighted by Gasteiger charge is 2.30. The summed E-state index contributed by atoms with van der Waals surface area (Å²) in [5, 5.41) is 0. The van der Waals surface area contributed by atoms with E-state index in [0.717, 1.165) is 43.7 Å². The minimum Gasteiger partial charge on any atom is -0.338 e. The van der Waals surface area contributed by atoms with Crippen molar-refractivity contribution < 1.29 is 4.79 Å². The van der Waals surface area contributed by atoms with Crippen molar-refractivity contribution in [3.05, 3.63) is 23.3 Å². The second kappa shape index (κ2) is 7.40. The summed E-state index contributed by atoms with van der Waals surface area (Å²) in [4.78, 5) is 26.8. The molecule has 0 bridgehead atoms. The Morgan fingerprint density at radius 3 is 2.76 bits per heavy atom. The zero-order chi connectivity index (χ0) is 17.2. The molecule has 5 heteroatoms. The molecule has 2 fully saturated rings. The molecule has 1 aliphatic carbocycles. The zero-order valence-electron chi connectivity index (χ0n) is 15.4. The lowest BCUT2D eigenvalue weighted by molar-refractivity contribution is -0.137. The van der Waals surface area contributed by atoms with E-state index in [1.807, 2.05) is 6.20 Å². The molecule has 1 atom stereocenters. The van der Waals surface area contributed by atoms with Crippen LogP contribution in [0.4, 0.5) is 0 Å². The molecule has 1 amide bonds. The Balaban J connectivity index is 1.44. The Bertz CT molecular complexity index is 626. The molecule has 0 radical (unpaired) electrons. The monoisotopic (exact) mass is 342 g/mol. The van der Waals surface area contributed by atoms with Gasteiger partial charge in [0.1, 0.15) is 5.82 Å². The molecule has 4 rings (SSSR count). The molecule has 0 N–H and O–H groups in total. The molecule has 136 valence electrons. The highest BCUT2D eigenvalue weighted by molar-refractivity contribution is 5.79. The third-order valence-electron chi connectivity index (χ3n) is 6.21. The molecule has 1 aromatic rings. The van der Waals surface area contributed by atoms with Crippen LogP contribution in [-0.2, 0) is 17.8 Å². The van der Waals surface area contributed by atoms with Crippen LogP contribution in [-0.4, -0.2) is 52.4 Å². The smallest absolute Gasteiger partial charge is 0.225 e. The molecule has 3 heterocycles. The van der Waals surface area contributed by atoms with E-state index in [0.29, 0.717) is 18.4 Å². The fraction of sp³-hybridized carbons (Fsp3) is 0.750. The summed E-state index contributed by atoms with van der Waals surface area (Å²) in [7, 11) is 2.18. The third kappa shape index (κ3) is 3.71. The number of piperidine rings is 1. The second-order valence-corrected chi connectivity index (χ2v) is 8.15. The quantitative estimate of drug-likeness (QED) is 0.829. The number of amides is 1. The molecule has 1 saturated heterocycles. The lowest BCUT2D eigenvalue weighted by Crippen LogP contribution is -2.41. The summed E-state index contributed by atoms with van der Waals surface area (Å²) >= 11 is 0. The van der Waals surface area contributed by atoms with Gasteiger partial charge >= 0.3 is 0 Å². The van der Waals surface area contributed by atoms with Crippen molar-refractivity contribution in [3.8, 4) is 0 Å². The van der Waals surface area contributed by atoms with Gasteiger partial charge in [0, 0.05) is 49.7 Å². The average molecular weight is 342 g/mol. The molecule has 25 heavy (non-hydrogen) atoms. The molecular formula is C20H30N4O. The molecule has 0 aromatic carbocycles. The fourth-order valence-corrected chi connectivity index (χ4v) is 4.70. The van der Waals surface area contributed by atoms with E-state index in [-0.39, 0.29) is 5.92 Å². The van der Waals surface area contributed by atoms with Crippen molar-refractivity contribution in [2.24, 2.45) is 5.92 Å². The molecule has 1 saturated carbocycles. The van der Waals surface area contributed by atoms with Gasteiger partial charge < -0.3 is 9.80 Å². The van der Waals surface area contributed by atoms with Crippen molar-refractivity contribution in [1.29, 1.82) is 0 Å². The number of likely N-dealkylation sites (tertiary alicyclic amines) is 1. The van der Waals surface area contributed by atoms with Gasteiger partial charge in [-0.1, -0.05) is 19.3 Å². The predicted octanol–water partition coefficient (Wildman–Crippen LogP) is 2.75. The Morgan fingerprint density at radius 2 is 1.96 bits per heavy atom. The maximum Gasteiger partial charge on any atom is 0.225 e. The first-order valence-electron chi connectivity index (χ1n) is 10.0. The predicted molar refractivity (Wildman–Crippen MR) is 97.2 cm³/mol. The average Bonchev–Trinajstić information content (AvgIpc) is 2.67. The van der Waals surface area contributed by atoms with Crippen LogP contribution in [0.1, 0.15) is 67.9 Å². The zero-order valence-corrected chi connectivity index (χ0v) is 15.4. The van der Waals surface area contributed by atoms with Crippen LogP contribution in [0.3, 0.4) is 0 Å². The van der Waals surface area contributed by atoms with E-state index in [9.17, 15) is 4.79 Å². The summed E-state index contributed by atoms with van der Waals surface area (Å²) in [5.41, 5.74) is 2.33. The molecule has 3 aliphatic rings. The van der Waals surface area contributed by atoms with Gasteiger partial charge in [0.15, 0.2) is 0 Å². The number of hydrogen-bond donors (Lipinski definition) is 0. The van der Waals surface area contributed by atoms with Crippen LogP contribution in [0, 0.1) is 5.92 Å². The summed E-state index contributed by atoms with van der Waals surface area (Å²) < 4.78 is 0. The van der Waals surface area contributed by atoms with Crippen LogP contribution in [0.5, 0.6) is 0 Å².